The first kappa shape index (κ1) is 15.6. The highest BCUT2D eigenvalue weighted by molar-refractivity contribution is 7.91. The maximum Gasteiger partial charge on any atom is 0.264 e. The standard InChI is InChI=1S/C16H22N2O3S2/c19-16(15-10-12-2-1-3-14(12)22-15)18-7-5-17(6-8-18)13-4-9-23(20,21)11-13/h10,13H,1-9,11H2. The van der Waals surface area contributed by atoms with E-state index < -0.39 is 9.84 Å². The van der Waals surface area contributed by atoms with E-state index in [1.165, 1.54) is 16.9 Å². The lowest BCUT2D eigenvalue weighted by molar-refractivity contribution is 0.0592. The first-order valence-corrected chi connectivity index (χ1v) is 11.0. The summed E-state index contributed by atoms with van der Waals surface area (Å²) in [7, 11) is -2.84. The van der Waals surface area contributed by atoms with Gasteiger partial charge in [-0.3, -0.25) is 9.69 Å². The molecule has 1 aromatic rings. The Labute approximate surface area is 141 Å². The van der Waals surface area contributed by atoms with Gasteiger partial charge in [-0.15, -0.1) is 11.3 Å². The lowest BCUT2D eigenvalue weighted by atomic mass is 10.2. The van der Waals surface area contributed by atoms with E-state index in [1.807, 2.05) is 4.90 Å². The number of fused-ring (bicyclic) bond motifs is 1. The summed E-state index contributed by atoms with van der Waals surface area (Å²) in [4.78, 5) is 19.1. The molecule has 2 saturated heterocycles. The van der Waals surface area contributed by atoms with Gasteiger partial charge in [0.05, 0.1) is 16.4 Å². The maximum absolute atomic E-state index is 12.7. The SMILES string of the molecule is O=C(c1cc2c(s1)CCC2)N1CCN(C2CCS(=O)(=O)C2)CC1. The van der Waals surface area contributed by atoms with Crippen LogP contribution < -0.4 is 0 Å². The summed E-state index contributed by atoms with van der Waals surface area (Å²) in [5.74, 6) is 0.763. The minimum Gasteiger partial charge on any atom is -0.335 e. The summed E-state index contributed by atoms with van der Waals surface area (Å²) in [6.45, 7) is 2.99. The average Bonchev–Trinajstić information content (AvgIpc) is 3.20. The van der Waals surface area contributed by atoms with Crippen molar-refractivity contribution in [3.63, 3.8) is 0 Å². The largest absolute Gasteiger partial charge is 0.335 e. The Hall–Kier alpha value is -0.920. The number of amides is 1. The molecule has 2 fully saturated rings. The summed E-state index contributed by atoms with van der Waals surface area (Å²) in [5.41, 5.74) is 1.37. The van der Waals surface area contributed by atoms with E-state index in [9.17, 15) is 13.2 Å². The maximum atomic E-state index is 12.7. The van der Waals surface area contributed by atoms with Crippen molar-refractivity contribution in [2.45, 2.75) is 31.7 Å². The number of sulfone groups is 1. The van der Waals surface area contributed by atoms with Gasteiger partial charge in [0.25, 0.3) is 5.91 Å². The van der Waals surface area contributed by atoms with Crippen molar-refractivity contribution >= 4 is 27.1 Å². The number of aryl methyl sites for hydroxylation is 2. The second-order valence-corrected chi connectivity index (χ2v) is 10.2. The van der Waals surface area contributed by atoms with Gasteiger partial charge in [-0.2, -0.15) is 0 Å². The van der Waals surface area contributed by atoms with Crippen LogP contribution in [-0.4, -0.2) is 67.9 Å². The molecule has 1 unspecified atom stereocenters. The first-order valence-electron chi connectivity index (χ1n) is 8.37. The van der Waals surface area contributed by atoms with Crippen LogP contribution in [0.1, 0.15) is 33.0 Å². The van der Waals surface area contributed by atoms with E-state index in [0.29, 0.717) is 24.6 Å². The van der Waals surface area contributed by atoms with Crippen LogP contribution in [0.4, 0.5) is 0 Å². The number of hydrogen-bond donors (Lipinski definition) is 0. The molecule has 5 nitrogen and oxygen atoms in total. The number of hydrogen-bond acceptors (Lipinski definition) is 5. The highest BCUT2D eigenvalue weighted by Crippen LogP contribution is 2.31. The molecule has 1 aliphatic carbocycles. The first-order chi connectivity index (χ1) is 11.0. The predicted octanol–water partition coefficient (Wildman–Crippen LogP) is 1.18. The number of carbonyl (C=O) groups is 1. The van der Waals surface area contributed by atoms with Crippen LogP contribution in [0.15, 0.2) is 6.07 Å². The highest BCUT2D eigenvalue weighted by Gasteiger charge is 2.34. The topological polar surface area (TPSA) is 57.7 Å². The van der Waals surface area contributed by atoms with Crippen molar-refractivity contribution in [3.8, 4) is 0 Å². The number of nitrogens with zero attached hydrogens (tertiary/aromatic N) is 2. The fourth-order valence-electron chi connectivity index (χ4n) is 3.94. The van der Waals surface area contributed by atoms with Crippen molar-refractivity contribution in [3.05, 3.63) is 21.4 Å². The number of carbonyl (C=O) groups excluding carboxylic acids is 1. The smallest absolute Gasteiger partial charge is 0.264 e. The molecule has 126 valence electrons. The Kier molecular flexibility index (Phi) is 3.98. The van der Waals surface area contributed by atoms with Crippen LogP contribution in [0.3, 0.4) is 0 Å². The molecule has 23 heavy (non-hydrogen) atoms. The zero-order valence-corrected chi connectivity index (χ0v) is 14.8. The van der Waals surface area contributed by atoms with E-state index in [0.717, 1.165) is 37.2 Å². The van der Waals surface area contributed by atoms with Crippen molar-refractivity contribution in [2.24, 2.45) is 0 Å². The lowest BCUT2D eigenvalue weighted by Crippen LogP contribution is -2.52. The normalized spacial score (nSPS) is 27.3. The van der Waals surface area contributed by atoms with E-state index in [-0.39, 0.29) is 11.9 Å². The van der Waals surface area contributed by atoms with Crippen molar-refractivity contribution in [2.75, 3.05) is 37.7 Å². The second kappa shape index (κ2) is 5.86. The summed E-state index contributed by atoms with van der Waals surface area (Å²) in [6, 6.07) is 2.24. The average molecular weight is 354 g/mol. The molecule has 0 radical (unpaired) electrons. The Morgan fingerprint density at radius 1 is 1.17 bits per heavy atom. The molecule has 1 aromatic heterocycles. The molecule has 7 heteroatoms. The van der Waals surface area contributed by atoms with Gasteiger partial charge in [0.2, 0.25) is 0 Å². The molecule has 2 aliphatic heterocycles. The fourth-order valence-corrected chi connectivity index (χ4v) is 6.93. The molecule has 0 N–H and O–H groups in total. The zero-order valence-electron chi connectivity index (χ0n) is 13.2. The van der Waals surface area contributed by atoms with Crippen molar-refractivity contribution in [1.82, 2.24) is 9.80 Å². The molecule has 4 rings (SSSR count). The van der Waals surface area contributed by atoms with E-state index >= 15 is 0 Å². The quantitative estimate of drug-likeness (QED) is 0.800. The van der Waals surface area contributed by atoms with Crippen molar-refractivity contribution in [1.29, 1.82) is 0 Å². The number of piperazine rings is 1. The predicted molar refractivity (Wildman–Crippen MR) is 90.9 cm³/mol. The van der Waals surface area contributed by atoms with Gasteiger partial charge in [-0.25, -0.2) is 8.42 Å². The lowest BCUT2D eigenvalue weighted by Gasteiger charge is -2.37. The van der Waals surface area contributed by atoms with Crippen LogP contribution >= 0.6 is 11.3 Å². The summed E-state index contributed by atoms with van der Waals surface area (Å²) in [5, 5.41) is 0. The monoisotopic (exact) mass is 354 g/mol. The van der Waals surface area contributed by atoms with Gasteiger partial charge >= 0.3 is 0 Å². The van der Waals surface area contributed by atoms with Gasteiger partial charge in [0.15, 0.2) is 9.84 Å². The third kappa shape index (κ3) is 3.06. The van der Waals surface area contributed by atoms with Gasteiger partial charge < -0.3 is 4.90 Å². The molecule has 3 heterocycles. The summed E-state index contributed by atoms with van der Waals surface area (Å²) < 4.78 is 23.2. The summed E-state index contributed by atoms with van der Waals surface area (Å²) in [6.07, 6.45) is 4.20. The Morgan fingerprint density at radius 3 is 2.61 bits per heavy atom. The van der Waals surface area contributed by atoms with Crippen LogP contribution in [0.25, 0.3) is 0 Å². The third-order valence-electron chi connectivity index (χ3n) is 5.28. The molecule has 0 aromatic carbocycles. The van der Waals surface area contributed by atoms with E-state index in [1.54, 1.807) is 11.3 Å². The molecular weight excluding hydrogens is 332 g/mol. The van der Waals surface area contributed by atoms with Gasteiger partial charge in [-0.1, -0.05) is 0 Å². The molecule has 1 atom stereocenters. The number of rotatable bonds is 2. The second-order valence-electron chi connectivity index (χ2n) is 6.80. The minimum atomic E-state index is -2.84. The van der Waals surface area contributed by atoms with Gasteiger partial charge in [0.1, 0.15) is 0 Å². The van der Waals surface area contributed by atoms with Crippen LogP contribution in [-0.2, 0) is 22.7 Å². The Bertz CT molecular complexity index is 696. The Morgan fingerprint density at radius 2 is 1.96 bits per heavy atom. The zero-order chi connectivity index (χ0) is 16.0. The third-order valence-corrected chi connectivity index (χ3v) is 8.26. The van der Waals surface area contributed by atoms with E-state index in [2.05, 4.69) is 11.0 Å². The Balaban J connectivity index is 1.36. The minimum absolute atomic E-state index is 0.155. The van der Waals surface area contributed by atoms with Crippen molar-refractivity contribution < 1.29 is 13.2 Å². The molecular formula is C16H22N2O3S2. The fraction of sp³-hybridized carbons (Fsp3) is 0.688. The van der Waals surface area contributed by atoms with Crippen LogP contribution in [0, 0.1) is 0 Å². The van der Waals surface area contributed by atoms with Crippen LogP contribution in [0.2, 0.25) is 0 Å². The molecule has 0 spiro atoms. The molecule has 1 amide bonds. The number of thiophene rings is 1. The van der Waals surface area contributed by atoms with Crippen LogP contribution in [0.5, 0.6) is 0 Å². The van der Waals surface area contributed by atoms with Gasteiger partial charge in [0, 0.05) is 37.1 Å². The van der Waals surface area contributed by atoms with Gasteiger partial charge in [-0.05, 0) is 37.3 Å². The van der Waals surface area contributed by atoms with E-state index in [4.69, 9.17) is 0 Å². The summed E-state index contributed by atoms with van der Waals surface area (Å²) >= 11 is 1.67. The molecule has 0 bridgehead atoms. The molecule has 0 saturated carbocycles. The molecule has 3 aliphatic rings. The highest BCUT2D eigenvalue weighted by atomic mass is 32.2.